The van der Waals surface area contributed by atoms with Gasteiger partial charge in [-0.25, -0.2) is 9.18 Å². The van der Waals surface area contributed by atoms with Crippen molar-refractivity contribution in [3.05, 3.63) is 53.3 Å². The van der Waals surface area contributed by atoms with Gasteiger partial charge in [0.25, 0.3) is 5.91 Å². The van der Waals surface area contributed by atoms with Gasteiger partial charge < -0.3 is 23.8 Å². The predicted molar refractivity (Wildman–Crippen MR) is 99.3 cm³/mol. The van der Waals surface area contributed by atoms with Gasteiger partial charge in [0, 0.05) is 19.7 Å². The maximum atomic E-state index is 13.7. The van der Waals surface area contributed by atoms with Crippen LogP contribution in [0.4, 0.5) is 4.39 Å². The first-order valence-corrected chi connectivity index (χ1v) is 8.34. The van der Waals surface area contributed by atoms with Crippen molar-refractivity contribution in [3.8, 4) is 17.2 Å². The number of benzene rings is 2. The van der Waals surface area contributed by atoms with Crippen LogP contribution in [-0.2, 0) is 16.1 Å². The van der Waals surface area contributed by atoms with Gasteiger partial charge in [-0.3, -0.25) is 4.79 Å². The van der Waals surface area contributed by atoms with E-state index in [0.29, 0.717) is 17.1 Å². The lowest BCUT2D eigenvalue weighted by atomic mass is 10.2. The average molecular weight is 391 g/mol. The van der Waals surface area contributed by atoms with Crippen molar-refractivity contribution < 1.29 is 32.9 Å². The average Bonchev–Trinajstić information content (AvgIpc) is 2.71. The van der Waals surface area contributed by atoms with Crippen LogP contribution in [0.15, 0.2) is 36.4 Å². The van der Waals surface area contributed by atoms with Crippen molar-refractivity contribution >= 4 is 11.9 Å². The summed E-state index contributed by atoms with van der Waals surface area (Å²) in [4.78, 5) is 25.8. The van der Waals surface area contributed by atoms with Crippen molar-refractivity contribution in [2.45, 2.75) is 6.54 Å². The topological polar surface area (TPSA) is 74.3 Å². The molecule has 0 unspecified atom stereocenters. The summed E-state index contributed by atoms with van der Waals surface area (Å²) in [6.07, 6.45) is 0. The first kappa shape index (κ1) is 21.0. The number of ether oxygens (including phenoxy) is 4. The number of likely N-dealkylation sites (N-methyl/N-ethyl adjacent to an activating group) is 1. The van der Waals surface area contributed by atoms with Gasteiger partial charge in [0.05, 0.1) is 26.9 Å². The molecule has 2 aromatic carbocycles. The minimum atomic E-state index is -0.686. The van der Waals surface area contributed by atoms with Crippen molar-refractivity contribution in [3.63, 3.8) is 0 Å². The second-order valence-electron chi connectivity index (χ2n) is 5.90. The van der Waals surface area contributed by atoms with Crippen LogP contribution >= 0.6 is 0 Å². The highest BCUT2D eigenvalue weighted by Crippen LogP contribution is 2.23. The molecule has 8 heteroatoms. The Morgan fingerprint density at radius 3 is 2.14 bits per heavy atom. The first-order valence-electron chi connectivity index (χ1n) is 8.34. The van der Waals surface area contributed by atoms with Crippen molar-refractivity contribution in [2.75, 3.05) is 35.0 Å². The number of carbonyl (C=O) groups is 2. The van der Waals surface area contributed by atoms with Gasteiger partial charge >= 0.3 is 5.97 Å². The second kappa shape index (κ2) is 9.59. The highest BCUT2D eigenvalue weighted by molar-refractivity contribution is 5.92. The quantitative estimate of drug-likeness (QED) is 0.644. The van der Waals surface area contributed by atoms with E-state index in [1.165, 1.54) is 57.5 Å². The Hall–Kier alpha value is -3.29. The van der Waals surface area contributed by atoms with Crippen molar-refractivity contribution in [1.82, 2.24) is 4.90 Å². The van der Waals surface area contributed by atoms with Crippen LogP contribution in [0.2, 0.25) is 0 Å². The van der Waals surface area contributed by atoms with Gasteiger partial charge in [-0.05, 0) is 29.8 Å². The highest BCUT2D eigenvalue weighted by Gasteiger charge is 2.16. The molecular weight excluding hydrogens is 369 g/mol. The number of hydrogen-bond donors (Lipinski definition) is 0. The first-order chi connectivity index (χ1) is 13.4. The molecule has 0 saturated heterocycles. The Kier molecular flexibility index (Phi) is 7.20. The third-order valence-electron chi connectivity index (χ3n) is 3.98. The van der Waals surface area contributed by atoms with Gasteiger partial charge in [-0.15, -0.1) is 0 Å². The highest BCUT2D eigenvalue weighted by atomic mass is 19.1. The SMILES string of the molecule is COc1cc(OC)cc(C(=O)OCC(=O)N(C)Cc2ccc(OC)c(F)c2)c1. The van der Waals surface area contributed by atoms with Crippen LogP contribution in [0, 0.1) is 5.82 Å². The molecule has 0 aromatic heterocycles. The summed E-state index contributed by atoms with van der Waals surface area (Å²) in [5, 5.41) is 0. The number of nitrogens with zero attached hydrogens (tertiary/aromatic N) is 1. The van der Waals surface area contributed by atoms with E-state index in [0.717, 1.165) is 0 Å². The molecule has 2 rings (SSSR count). The van der Waals surface area contributed by atoms with Crippen LogP contribution in [0.25, 0.3) is 0 Å². The van der Waals surface area contributed by atoms with Crippen LogP contribution in [0.1, 0.15) is 15.9 Å². The van der Waals surface area contributed by atoms with E-state index in [4.69, 9.17) is 18.9 Å². The van der Waals surface area contributed by atoms with E-state index in [9.17, 15) is 14.0 Å². The maximum Gasteiger partial charge on any atom is 0.338 e. The molecule has 0 aliphatic carbocycles. The number of methoxy groups -OCH3 is 3. The number of rotatable bonds is 8. The van der Waals surface area contributed by atoms with Crippen LogP contribution in [0.3, 0.4) is 0 Å². The summed E-state index contributed by atoms with van der Waals surface area (Å²) in [6, 6.07) is 9.01. The third kappa shape index (κ3) is 5.35. The largest absolute Gasteiger partial charge is 0.497 e. The number of carbonyl (C=O) groups excluding carboxylic acids is 2. The molecule has 0 N–H and O–H groups in total. The zero-order chi connectivity index (χ0) is 20.7. The summed E-state index contributed by atoms with van der Waals surface area (Å²) < 4.78 is 33.9. The lowest BCUT2D eigenvalue weighted by Gasteiger charge is -2.17. The minimum Gasteiger partial charge on any atom is -0.497 e. The van der Waals surface area contributed by atoms with E-state index >= 15 is 0 Å². The number of amides is 1. The minimum absolute atomic E-state index is 0.125. The van der Waals surface area contributed by atoms with Crippen molar-refractivity contribution in [1.29, 1.82) is 0 Å². The number of hydrogen-bond acceptors (Lipinski definition) is 6. The van der Waals surface area contributed by atoms with Gasteiger partial charge in [-0.1, -0.05) is 6.07 Å². The normalized spacial score (nSPS) is 10.2. The third-order valence-corrected chi connectivity index (χ3v) is 3.98. The summed E-state index contributed by atoms with van der Waals surface area (Å²) in [5.41, 5.74) is 0.780. The Labute approximate surface area is 162 Å². The van der Waals surface area contributed by atoms with Crippen molar-refractivity contribution in [2.24, 2.45) is 0 Å². The standard InChI is InChI=1S/C20H22FNO6/c1-22(11-13-5-6-18(27-4)17(21)7-13)19(23)12-28-20(24)14-8-15(25-2)10-16(9-14)26-3/h5-10H,11-12H2,1-4H3. The van der Waals surface area contributed by atoms with Gasteiger partial charge in [0.1, 0.15) is 11.5 Å². The van der Waals surface area contributed by atoms with Crippen LogP contribution < -0.4 is 14.2 Å². The number of halogens is 1. The van der Waals surface area contributed by atoms with E-state index in [1.54, 1.807) is 12.1 Å². The molecule has 0 fully saturated rings. The van der Waals surface area contributed by atoms with Crippen LogP contribution in [0.5, 0.6) is 17.2 Å². The molecule has 0 bridgehead atoms. The molecule has 0 saturated carbocycles. The van der Waals surface area contributed by atoms with Gasteiger partial charge in [-0.2, -0.15) is 0 Å². The molecule has 2 aromatic rings. The fourth-order valence-electron chi connectivity index (χ4n) is 2.42. The Morgan fingerprint density at radius 2 is 1.61 bits per heavy atom. The van der Waals surface area contributed by atoms with Gasteiger partial charge in [0.15, 0.2) is 18.2 Å². The molecule has 1 amide bonds. The fraction of sp³-hybridized carbons (Fsp3) is 0.300. The van der Waals surface area contributed by atoms with E-state index < -0.39 is 24.3 Å². The summed E-state index contributed by atoms with van der Waals surface area (Å²) in [7, 11) is 5.83. The molecular formula is C20H22FNO6. The van der Waals surface area contributed by atoms with E-state index in [1.807, 2.05) is 0 Å². The molecule has 150 valence electrons. The summed E-state index contributed by atoms with van der Waals surface area (Å²) in [6.45, 7) is -0.294. The maximum absolute atomic E-state index is 13.7. The van der Waals surface area contributed by atoms with E-state index in [-0.39, 0.29) is 17.9 Å². The van der Waals surface area contributed by atoms with Crippen LogP contribution in [-0.4, -0.2) is 51.8 Å². The molecule has 0 heterocycles. The van der Waals surface area contributed by atoms with Gasteiger partial charge in [0.2, 0.25) is 0 Å². The Bertz CT molecular complexity index is 832. The summed E-state index contributed by atoms with van der Waals surface area (Å²) in [5.74, 6) is -0.652. The predicted octanol–water partition coefficient (Wildman–Crippen LogP) is 2.67. The summed E-state index contributed by atoms with van der Waals surface area (Å²) >= 11 is 0. The molecule has 0 aliphatic rings. The molecule has 0 aliphatic heterocycles. The molecule has 28 heavy (non-hydrogen) atoms. The lowest BCUT2D eigenvalue weighted by molar-refractivity contribution is -0.133. The Balaban J connectivity index is 1.95. The lowest BCUT2D eigenvalue weighted by Crippen LogP contribution is -2.30. The number of esters is 1. The fourth-order valence-corrected chi connectivity index (χ4v) is 2.42. The second-order valence-corrected chi connectivity index (χ2v) is 5.90. The smallest absolute Gasteiger partial charge is 0.338 e. The van der Waals surface area contributed by atoms with E-state index in [2.05, 4.69) is 0 Å². The zero-order valence-electron chi connectivity index (χ0n) is 16.2. The molecule has 0 atom stereocenters. The zero-order valence-corrected chi connectivity index (χ0v) is 16.2. The molecule has 0 radical (unpaired) electrons. The Morgan fingerprint density at radius 1 is 0.964 bits per heavy atom. The molecule has 7 nitrogen and oxygen atoms in total. The monoisotopic (exact) mass is 391 g/mol. The molecule has 0 spiro atoms.